The van der Waals surface area contributed by atoms with E-state index in [0.717, 1.165) is 12.8 Å². The standard InChI is InChI=1S/C20H23FN4O4/c1-3-5-10-25-18-17(19(27)23-20(25)28)24(4-2)15(22-18)12-29-16(26)11-13-6-8-14(21)9-7-13/h6-9H,3-5,10-12H2,1-2H3,(H,23,27,28). The molecular weight excluding hydrogens is 379 g/mol. The molecule has 0 aliphatic rings. The van der Waals surface area contributed by atoms with Crippen molar-refractivity contribution in [3.05, 3.63) is 62.3 Å². The molecule has 0 aliphatic heterocycles. The molecule has 3 rings (SSSR count). The molecule has 0 aliphatic carbocycles. The van der Waals surface area contributed by atoms with E-state index in [1.807, 2.05) is 13.8 Å². The molecular formula is C20H23FN4O4. The Labute approximate surface area is 166 Å². The van der Waals surface area contributed by atoms with Crippen LogP contribution in [0.2, 0.25) is 0 Å². The average molecular weight is 402 g/mol. The first-order chi connectivity index (χ1) is 13.9. The van der Waals surface area contributed by atoms with Crippen LogP contribution in [0.5, 0.6) is 0 Å². The van der Waals surface area contributed by atoms with E-state index in [0.29, 0.717) is 30.1 Å². The molecule has 1 N–H and O–H groups in total. The van der Waals surface area contributed by atoms with Crippen LogP contribution < -0.4 is 11.2 Å². The van der Waals surface area contributed by atoms with Crippen molar-refractivity contribution in [3.63, 3.8) is 0 Å². The van der Waals surface area contributed by atoms with Crippen LogP contribution in [0.4, 0.5) is 4.39 Å². The SMILES string of the molecule is CCCCn1c(=O)[nH]c(=O)c2c1nc(COC(=O)Cc1ccc(F)cc1)n2CC. The number of esters is 1. The van der Waals surface area contributed by atoms with E-state index >= 15 is 0 Å². The van der Waals surface area contributed by atoms with Crippen LogP contribution in [0.1, 0.15) is 38.1 Å². The van der Waals surface area contributed by atoms with Crippen molar-refractivity contribution in [2.45, 2.75) is 52.8 Å². The Morgan fingerprint density at radius 3 is 2.55 bits per heavy atom. The zero-order valence-corrected chi connectivity index (χ0v) is 16.4. The number of aromatic nitrogens is 4. The molecule has 154 valence electrons. The number of imidazole rings is 1. The maximum Gasteiger partial charge on any atom is 0.330 e. The van der Waals surface area contributed by atoms with Crippen molar-refractivity contribution >= 4 is 17.1 Å². The normalized spacial score (nSPS) is 11.1. The van der Waals surface area contributed by atoms with Gasteiger partial charge in [-0.25, -0.2) is 14.2 Å². The topological polar surface area (TPSA) is 99.0 Å². The summed E-state index contributed by atoms with van der Waals surface area (Å²) in [4.78, 5) is 43.5. The summed E-state index contributed by atoms with van der Waals surface area (Å²) in [6.07, 6.45) is 1.64. The second-order valence-electron chi connectivity index (χ2n) is 6.67. The van der Waals surface area contributed by atoms with Gasteiger partial charge in [0, 0.05) is 13.1 Å². The lowest BCUT2D eigenvalue weighted by Gasteiger charge is -2.07. The van der Waals surface area contributed by atoms with Crippen molar-refractivity contribution in [2.24, 2.45) is 0 Å². The number of nitrogens with zero attached hydrogens (tertiary/aromatic N) is 3. The van der Waals surface area contributed by atoms with Crippen LogP contribution in [-0.2, 0) is 35.6 Å². The lowest BCUT2D eigenvalue weighted by Crippen LogP contribution is -2.31. The first-order valence-corrected chi connectivity index (χ1v) is 9.56. The molecule has 1 aromatic carbocycles. The highest BCUT2D eigenvalue weighted by Crippen LogP contribution is 2.14. The Morgan fingerprint density at radius 2 is 1.90 bits per heavy atom. The number of benzene rings is 1. The Balaban J connectivity index is 1.86. The number of rotatable bonds is 8. The van der Waals surface area contributed by atoms with E-state index in [2.05, 4.69) is 9.97 Å². The van der Waals surface area contributed by atoms with Crippen LogP contribution in [0.25, 0.3) is 11.2 Å². The third-order valence-electron chi connectivity index (χ3n) is 4.64. The van der Waals surface area contributed by atoms with Crippen LogP contribution in [-0.4, -0.2) is 25.1 Å². The predicted molar refractivity (Wildman–Crippen MR) is 105 cm³/mol. The fraction of sp³-hybridized carbons (Fsp3) is 0.400. The number of unbranched alkanes of at least 4 members (excludes halogenated alkanes) is 1. The number of hydrogen-bond acceptors (Lipinski definition) is 5. The van der Waals surface area contributed by atoms with Gasteiger partial charge in [-0.2, -0.15) is 0 Å². The summed E-state index contributed by atoms with van der Waals surface area (Å²) in [6, 6.07) is 5.59. The van der Waals surface area contributed by atoms with Crippen molar-refractivity contribution in [1.29, 1.82) is 0 Å². The molecule has 9 heteroatoms. The van der Waals surface area contributed by atoms with Crippen molar-refractivity contribution in [2.75, 3.05) is 0 Å². The van der Waals surface area contributed by atoms with Gasteiger partial charge in [0.05, 0.1) is 6.42 Å². The van der Waals surface area contributed by atoms with Gasteiger partial charge in [0.15, 0.2) is 11.2 Å². The second kappa shape index (κ2) is 8.85. The summed E-state index contributed by atoms with van der Waals surface area (Å²) in [5.74, 6) is -0.488. The highest BCUT2D eigenvalue weighted by molar-refractivity contribution is 5.73. The Morgan fingerprint density at radius 1 is 1.17 bits per heavy atom. The van der Waals surface area contributed by atoms with Crippen molar-refractivity contribution in [1.82, 2.24) is 19.1 Å². The van der Waals surface area contributed by atoms with Crippen molar-refractivity contribution < 1.29 is 13.9 Å². The van der Waals surface area contributed by atoms with Crippen LogP contribution in [0, 0.1) is 5.82 Å². The molecule has 0 spiro atoms. The van der Waals surface area contributed by atoms with E-state index in [9.17, 15) is 18.8 Å². The van der Waals surface area contributed by atoms with Gasteiger partial charge in [0.1, 0.15) is 18.2 Å². The highest BCUT2D eigenvalue weighted by atomic mass is 19.1. The number of aromatic amines is 1. The smallest absolute Gasteiger partial charge is 0.330 e. The number of fused-ring (bicyclic) bond motifs is 1. The van der Waals surface area contributed by atoms with Gasteiger partial charge in [0.25, 0.3) is 5.56 Å². The lowest BCUT2D eigenvalue weighted by molar-refractivity contribution is -0.144. The molecule has 0 bridgehead atoms. The summed E-state index contributed by atoms with van der Waals surface area (Å²) >= 11 is 0. The molecule has 0 fully saturated rings. The zero-order valence-electron chi connectivity index (χ0n) is 16.4. The number of halogens is 1. The number of hydrogen-bond donors (Lipinski definition) is 1. The van der Waals surface area contributed by atoms with Gasteiger partial charge in [-0.1, -0.05) is 25.5 Å². The lowest BCUT2D eigenvalue weighted by atomic mass is 10.1. The number of aryl methyl sites for hydroxylation is 2. The summed E-state index contributed by atoms with van der Waals surface area (Å²) in [5, 5.41) is 0. The summed E-state index contributed by atoms with van der Waals surface area (Å²) in [7, 11) is 0. The van der Waals surface area contributed by atoms with Gasteiger partial charge in [-0.05, 0) is 31.0 Å². The van der Waals surface area contributed by atoms with Crippen molar-refractivity contribution in [3.8, 4) is 0 Å². The number of H-pyrrole nitrogens is 1. The monoisotopic (exact) mass is 402 g/mol. The van der Waals surface area contributed by atoms with Gasteiger partial charge in [-0.3, -0.25) is 19.1 Å². The van der Waals surface area contributed by atoms with Crippen LogP contribution >= 0.6 is 0 Å². The summed E-state index contributed by atoms with van der Waals surface area (Å²) in [6.45, 7) is 4.57. The van der Waals surface area contributed by atoms with E-state index in [-0.39, 0.29) is 24.4 Å². The second-order valence-corrected chi connectivity index (χ2v) is 6.67. The molecule has 2 heterocycles. The molecule has 0 radical (unpaired) electrons. The average Bonchev–Trinajstić information content (AvgIpc) is 3.07. The minimum Gasteiger partial charge on any atom is -0.457 e. The van der Waals surface area contributed by atoms with E-state index < -0.39 is 17.2 Å². The molecule has 0 amide bonds. The number of carbonyl (C=O) groups is 1. The van der Waals surface area contributed by atoms with Crippen LogP contribution in [0.15, 0.2) is 33.9 Å². The minimum atomic E-state index is -0.518. The first-order valence-electron chi connectivity index (χ1n) is 9.56. The molecule has 0 saturated heterocycles. The molecule has 3 aromatic rings. The molecule has 0 atom stereocenters. The van der Waals surface area contributed by atoms with E-state index in [1.165, 1.54) is 28.8 Å². The zero-order chi connectivity index (χ0) is 21.0. The van der Waals surface area contributed by atoms with E-state index in [1.54, 1.807) is 4.57 Å². The Hall–Kier alpha value is -3.23. The minimum absolute atomic E-state index is 0.00553. The third-order valence-corrected chi connectivity index (χ3v) is 4.64. The maximum absolute atomic E-state index is 13.0. The largest absolute Gasteiger partial charge is 0.457 e. The molecule has 8 nitrogen and oxygen atoms in total. The number of nitrogens with one attached hydrogen (secondary N) is 1. The van der Waals surface area contributed by atoms with Gasteiger partial charge in [-0.15, -0.1) is 0 Å². The predicted octanol–water partition coefficient (Wildman–Crippen LogP) is 2.13. The quantitative estimate of drug-likeness (QED) is 0.582. The van der Waals surface area contributed by atoms with E-state index in [4.69, 9.17) is 4.74 Å². The fourth-order valence-electron chi connectivity index (χ4n) is 3.16. The molecule has 2 aromatic heterocycles. The first kappa shape index (κ1) is 20.5. The summed E-state index contributed by atoms with van der Waals surface area (Å²) in [5.41, 5.74) is 0.184. The summed E-state index contributed by atoms with van der Waals surface area (Å²) < 4.78 is 21.4. The number of ether oxygens (including phenoxy) is 1. The van der Waals surface area contributed by atoms with Crippen LogP contribution in [0.3, 0.4) is 0 Å². The number of carbonyl (C=O) groups excluding carboxylic acids is 1. The van der Waals surface area contributed by atoms with Gasteiger partial charge in [0.2, 0.25) is 0 Å². The Bertz CT molecular complexity index is 1130. The molecule has 0 unspecified atom stereocenters. The molecule has 0 saturated carbocycles. The molecule has 29 heavy (non-hydrogen) atoms. The third kappa shape index (κ3) is 4.44. The van der Waals surface area contributed by atoms with Gasteiger partial charge >= 0.3 is 11.7 Å². The highest BCUT2D eigenvalue weighted by Gasteiger charge is 2.18. The Kier molecular flexibility index (Phi) is 6.26. The maximum atomic E-state index is 13.0. The van der Waals surface area contributed by atoms with Gasteiger partial charge < -0.3 is 9.30 Å². The fourth-order valence-corrected chi connectivity index (χ4v) is 3.16.